The van der Waals surface area contributed by atoms with Gasteiger partial charge in [0.05, 0.1) is 5.69 Å². The first-order valence-electron chi connectivity index (χ1n) is 6.67. The van der Waals surface area contributed by atoms with Crippen molar-refractivity contribution in [3.63, 3.8) is 0 Å². The summed E-state index contributed by atoms with van der Waals surface area (Å²) in [5.74, 6) is -0.193. The van der Waals surface area contributed by atoms with E-state index in [0.717, 1.165) is 41.7 Å². The molecule has 104 valence electrons. The molecular formula is C15H17FN4. The monoisotopic (exact) mass is 272 g/mol. The Labute approximate surface area is 116 Å². The maximum atomic E-state index is 13.3. The second-order valence-corrected chi connectivity index (χ2v) is 4.88. The molecule has 0 atom stereocenters. The number of H-pyrrole nitrogens is 1. The van der Waals surface area contributed by atoms with Crippen molar-refractivity contribution in [3.8, 4) is 0 Å². The quantitative estimate of drug-likeness (QED) is 0.700. The lowest BCUT2D eigenvalue weighted by molar-refractivity contribution is 0.625. The highest BCUT2D eigenvalue weighted by atomic mass is 19.1. The van der Waals surface area contributed by atoms with Gasteiger partial charge in [-0.2, -0.15) is 5.10 Å². The highest BCUT2D eigenvalue weighted by Gasteiger charge is 2.05. The van der Waals surface area contributed by atoms with E-state index >= 15 is 0 Å². The molecule has 0 aliphatic carbocycles. The molecule has 0 aliphatic rings. The standard InChI is InChI=1S/C15H17FN4/c1-20-13(5-7-19-20)10-17-6-4-11-9-18-15-3-2-12(16)8-14(11)15/h2-3,5,7-9,17-18H,4,6,10H2,1H3. The molecule has 0 radical (unpaired) electrons. The molecule has 2 heterocycles. The summed E-state index contributed by atoms with van der Waals surface area (Å²) in [7, 11) is 1.93. The van der Waals surface area contributed by atoms with Crippen LogP contribution in [-0.4, -0.2) is 21.3 Å². The molecule has 0 unspecified atom stereocenters. The fourth-order valence-electron chi connectivity index (χ4n) is 2.37. The Balaban J connectivity index is 1.60. The molecule has 0 aliphatic heterocycles. The van der Waals surface area contributed by atoms with Crippen LogP contribution in [0.25, 0.3) is 10.9 Å². The Morgan fingerprint density at radius 3 is 3.05 bits per heavy atom. The van der Waals surface area contributed by atoms with Crippen LogP contribution >= 0.6 is 0 Å². The predicted molar refractivity (Wildman–Crippen MR) is 76.9 cm³/mol. The van der Waals surface area contributed by atoms with E-state index in [1.165, 1.54) is 6.07 Å². The van der Waals surface area contributed by atoms with E-state index in [0.29, 0.717) is 0 Å². The Morgan fingerprint density at radius 1 is 1.35 bits per heavy atom. The van der Waals surface area contributed by atoms with E-state index < -0.39 is 0 Å². The summed E-state index contributed by atoms with van der Waals surface area (Å²) >= 11 is 0. The van der Waals surface area contributed by atoms with Crippen LogP contribution in [0.4, 0.5) is 4.39 Å². The van der Waals surface area contributed by atoms with Gasteiger partial charge in [0.2, 0.25) is 0 Å². The van der Waals surface area contributed by atoms with Gasteiger partial charge in [-0.15, -0.1) is 0 Å². The lowest BCUT2D eigenvalue weighted by atomic mass is 10.1. The highest BCUT2D eigenvalue weighted by molar-refractivity contribution is 5.83. The van der Waals surface area contributed by atoms with Gasteiger partial charge < -0.3 is 10.3 Å². The van der Waals surface area contributed by atoms with E-state index in [-0.39, 0.29) is 5.82 Å². The van der Waals surface area contributed by atoms with Crippen molar-refractivity contribution < 1.29 is 4.39 Å². The summed E-state index contributed by atoms with van der Waals surface area (Å²) in [5, 5.41) is 8.47. The van der Waals surface area contributed by atoms with Crippen LogP contribution in [0.1, 0.15) is 11.3 Å². The summed E-state index contributed by atoms with van der Waals surface area (Å²) in [5.41, 5.74) is 3.26. The van der Waals surface area contributed by atoms with Crippen molar-refractivity contribution in [2.75, 3.05) is 6.54 Å². The lowest BCUT2D eigenvalue weighted by Gasteiger charge is -2.05. The molecule has 20 heavy (non-hydrogen) atoms. The third-order valence-corrected chi connectivity index (χ3v) is 3.53. The topological polar surface area (TPSA) is 45.6 Å². The largest absolute Gasteiger partial charge is 0.361 e. The first-order valence-corrected chi connectivity index (χ1v) is 6.67. The first-order chi connectivity index (χ1) is 9.74. The molecule has 0 saturated carbocycles. The smallest absolute Gasteiger partial charge is 0.123 e. The number of halogens is 1. The molecule has 5 heteroatoms. The van der Waals surface area contributed by atoms with Crippen LogP contribution in [0.2, 0.25) is 0 Å². The fourth-order valence-corrected chi connectivity index (χ4v) is 2.37. The Morgan fingerprint density at radius 2 is 2.25 bits per heavy atom. The van der Waals surface area contributed by atoms with Crippen molar-refractivity contribution in [3.05, 3.63) is 53.7 Å². The molecular weight excluding hydrogens is 255 g/mol. The van der Waals surface area contributed by atoms with Gasteiger partial charge in [-0.1, -0.05) is 0 Å². The van der Waals surface area contributed by atoms with Gasteiger partial charge in [0.1, 0.15) is 5.82 Å². The highest BCUT2D eigenvalue weighted by Crippen LogP contribution is 2.19. The zero-order valence-corrected chi connectivity index (χ0v) is 11.4. The average Bonchev–Trinajstić information content (AvgIpc) is 3.01. The number of hydrogen-bond donors (Lipinski definition) is 2. The molecule has 2 aromatic heterocycles. The maximum absolute atomic E-state index is 13.3. The Hall–Kier alpha value is -2.14. The number of rotatable bonds is 5. The molecule has 0 spiro atoms. The van der Waals surface area contributed by atoms with Gasteiger partial charge in [0.25, 0.3) is 0 Å². The average molecular weight is 272 g/mol. The van der Waals surface area contributed by atoms with Gasteiger partial charge in [0.15, 0.2) is 0 Å². The second kappa shape index (κ2) is 5.46. The molecule has 4 nitrogen and oxygen atoms in total. The van der Waals surface area contributed by atoms with Crippen LogP contribution in [0.3, 0.4) is 0 Å². The van der Waals surface area contributed by atoms with E-state index in [2.05, 4.69) is 15.4 Å². The number of nitrogens with one attached hydrogen (secondary N) is 2. The van der Waals surface area contributed by atoms with Gasteiger partial charge in [-0.05, 0) is 42.8 Å². The zero-order valence-electron chi connectivity index (χ0n) is 11.4. The third kappa shape index (κ3) is 2.58. The van der Waals surface area contributed by atoms with E-state index in [9.17, 15) is 4.39 Å². The molecule has 0 fully saturated rings. The predicted octanol–water partition coefficient (Wildman–Crippen LogP) is 2.37. The number of fused-ring (bicyclic) bond motifs is 1. The van der Waals surface area contributed by atoms with Gasteiger partial charge in [-0.3, -0.25) is 4.68 Å². The Kier molecular flexibility index (Phi) is 3.52. The van der Waals surface area contributed by atoms with Crippen LogP contribution in [0.15, 0.2) is 36.7 Å². The second-order valence-electron chi connectivity index (χ2n) is 4.88. The first kappa shape index (κ1) is 12.9. The summed E-state index contributed by atoms with van der Waals surface area (Å²) < 4.78 is 15.1. The summed E-state index contributed by atoms with van der Waals surface area (Å²) in [6.07, 6.45) is 4.61. The molecule has 3 aromatic rings. The van der Waals surface area contributed by atoms with Crippen molar-refractivity contribution in [2.45, 2.75) is 13.0 Å². The molecule has 0 amide bonds. The van der Waals surface area contributed by atoms with Crippen LogP contribution in [0, 0.1) is 5.82 Å². The SMILES string of the molecule is Cn1nccc1CNCCc1c[nH]c2ccc(F)cc12. The maximum Gasteiger partial charge on any atom is 0.123 e. The molecule has 0 bridgehead atoms. The van der Waals surface area contributed by atoms with E-state index in [1.54, 1.807) is 18.3 Å². The van der Waals surface area contributed by atoms with Gasteiger partial charge >= 0.3 is 0 Å². The minimum atomic E-state index is -0.193. The van der Waals surface area contributed by atoms with Crippen molar-refractivity contribution >= 4 is 10.9 Å². The van der Waals surface area contributed by atoms with Crippen LogP contribution in [0.5, 0.6) is 0 Å². The zero-order chi connectivity index (χ0) is 13.9. The summed E-state index contributed by atoms with van der Waals surface area (Å²) in [4.78, 5) is 3.17. The minimum absolute atomic E-state index is 0.193. The summed E-state index contributed by atoms with van der Waals surface area (Å²) in [6, 6.07) is 6.83. The normalized spacial score (nSPS) is 11.3. The molecule has 2 N–H and O–H groups in total. The number of benzene rings is 1. The lowest BCUT2D eigenvalue weighted by Crippen LogP contribution is -2.18. The van der Waals surface area contributed by atoms with Gasteiger partial charge in [-0.25, -0.2) is 4.39 Å². The third-order valence-electron chi connectivity index (χ3n) is 3.53. The van der Waals surface area contributed by atoms with Crippen molar-refractivity contribution in [2.24, 2.45) is 7.05 Å². The minimum Gasteiger partial charge on any atom is -0.361 e. The van der Waals surface area contributed by atoms with Gasteiger partial charge in [0, 0.05) is 36.9 Å². The molecule has 0 saturated heterocycles. The fraction of sp³-hybridized carbons (Fsp3) is 0.267. The number of nitrogens with zero attached hydrogens (tertiary/aromatic N) is 2. The van der Waals surface area contributed by atoms with Crippen LogP contribution < -0.4 is 5.32 Å². The molecule has 3 rings (SSSR count). The Bertz CT molecular complexity index is 714. The van der Waals surface area contributed by atoms with Crippen molar-refractivity contribution in [1.29, 1.82) is 0 Å². The van der Waals surface area contributed by atoms with Crippen molar-refractivity contribution in [1.82, 2.24) is 20.1 Å². The number of aryl methyl sites for hydroxylation is 1. The van der Waals surface area contributed by atoms with E-state index in [1.807, 2.05) is 24.0 Å². The number of aromatic nitrogens is 3. The number of aromatic amines is 1. The van der Waals surface area contributed by atoms with E-state index in [4.69, 9.17) is 0 Å². The molecule has 1 aromatic carbocycles. The van der Waals surface area contributed by atoms with Crippen LogP contribution in [-0.2, 0) is 20.0 Å². The summed E-state index contributed by atoms with van der Waals surface area (Å²) in [6.45, 7) is 1.63. The number of hydrogen-bond acceptors (Lipinski definition) is 2.